The summed E-state index contributed by atoms with van der Waals surface area (Å²) in [7, 11) is 0. The molecule has 0 aliphatic rings. The first kappa shape index (κ1) is 13.6. The number of ketones is 1. The van der Waals surface area contributed by atoms with Gasteiger partial charge in [-0.05, 0) is 19.1 Å². The summed E-state index contributed by atoms with van der Waals surface area (Å²) < 4.78 is 4.64. The van der Waals surface area contributed by atoms with E-state index < -0.39 is 23.1 Å². The highest BCUT2D eigenvalue weighted by molar-refractivity contribution is 6.06. The van der Waals surface area contributed by atoms with Crippen molar-refractivity contribution in [3.63, 3.8) is 0 Å². The molecule has 0 aliphatic carbocycles. The van der Waals surface area contributed by atoms with Crippen LogP contribution in [0.4, 0.5) is 5.69 Å². The van der Waals surface area contributed by atoms with Crippen LogP contribution in [0.25, 0.3) is 0 Å². The average Bonchev–Trinajstić information content (AvgIpc) is 2.27. The van der Waals surface area contributed by atoms with Crippen molar-refractivity contribution in [2.24, 2.45) is 0 Å². The summed E-state index contributed by atoms with van der Waals surface area (Å²) in [6.07, 6.45) is -0.426. The van der Waals surface area contributed by atoms with Gasteiger partial charge < -0.3 is 4.74 Å². The molecule has 1 aromatic rings. The second kappa shape index (κ2) is 5.72. The number of hydrogen-bond donors (Lipinski definition) is 0. The summed E-state index contributed by atoms with van der Waals surface area (Å²) in [5.74, 6) is -0.960. The Morgan fingerprint density at radius 3 is 2.33 bits per heavy atom. The number of benzene rings is 1. The maximum atomic E-state index is 11.6. The van der Waals surface area contributed by atoms with E-state index in [1.54, 1.807) is 0 Å². The van der Waals surface area contributed by atoms with Gasteiger partial charge in [0, 0.05) is 17.7 Å². The Labute approximate surface area is 103 Å². The molecule has 0 saturated heterocycles. The van der Waals surface area contributed by atoms with E-state index in [1.807, 2.05) is 0 Å². The maximum absolute atomic E-state index is 11.6. The standard InChI is InChI=1S/C12H11NO5/c1-8(2)18-12(15)7-11(14)9-3-5-10(6-4-9)13(16)17/h3-6H,1,7H2,2H3. The zero-order valence-corrected chi connectivity index (χ0v) is 9.71. The van der Waals surface area contributed by atoms with Crippen LogP contribution in [0.3, 0.4) is 0 Å². The second-order valence-electron chi connectivity index (χ2n) is 3.58. The molecule has 0 aromatic heterocycles. The number of non-ortho nitro benzene ring substituents is 1. The highest BCUT2D eigenvalue weighted by Gasteiger charge is 2.14. The number of ether oxygens (including phenoxy) is 1. The summed E-state index contributed by atoms with van der Waals surface area (Å²) in [5.41, 5.74) is 0.107. The molecular weight excluding hydrogens is 238 g/mol. The van der Waals surface area contributed by atoms with Crippen molar-refractivity contribution in [3.05, 3.63) is 52.3 Å². The Morgan fingerprint density at radius 2 is 1.89 bits per heavy atom. The van der Waals surface area contributed by atoms with Crippen molar-refractivity contribution in [1.29, 1.82) is 0 Å². The summed E-state index contributed by atoms with van der Waals surface area (Å²) in [4.78, 5) is 32.7. The first-order valence-electron chi connectivity index (χ1n) is 5.04. The van der Waals surface area contributed by atoms with Crippen LogP contribution in [0.5, 0.6) is 0 Å². The minimum atomic E-state index is -0.703. The molecule has 0 N–H and O–H groups in total. The number of esters is 1. The molecule has 1 aromatic carbocycles. The largest absolute Gasteiger partial charge is 0.432 e. The minimum absolute atomic E-state index is 0.115. The normalized spacial score (nSPS) is 9.61. The van der Waals surface area contributed by atoms with Gasteiger partial charge >= 0.3 is 5.97 Å². The Kier molecular flexibility index (Phi) is 4.31. The van der Waals surface area contributed by atoms with Gasteiger partial charge in [0.1, 0.15) is 6.42 Å². The third-order valence-electron chi connectivity index (χ3n) is 1.99. The summed E-state index contributed by atoms with van der Waals surface area (Å²) >= 11 is 0. The van der Waals surface area contributed by atoms with Crippen molar-refractivity contribution < 1.29 is 19.2 Å². The molecule has 6 heteroatoms. The quantitative estimate of drug-likeness (QED) is 0.199. The smallest absolute Gasteiger partial charge is 0.318 e. The Balaban J connectivity index is 2.70. The van der Waals surface area contributed by atoms with Gasteiger partial charge in [-0.3, -0.25) is 19.7 Å². The van der Waals surface area contributed by atoms with Gasteiger partial charge in [-0.15, -0.1) is 0 Å². The fourth-order valence-electron chi connectivity index (χ4n) is 1.23. The van der Waals surface area contributed by atoms with Crippen LogP contribution in [0.1, 0.15) is 23.7 Å². The number of allylic oxidation sites excluding steroid dienone is 1. The molecule has 0 heterocycles. The molecule has 1 rings (SSSR count). The average molecular weight is 249 g/mol. The van der Waals surface area contributed by atoms with E-state index in [1.165, 1.54) is 31.2 Å². The summed E-state index contributed by atoms with van der Waals surface area (Å²) in [6, 6.07) is 5.01. The summed E-state index contributed by atoms with van der Waals surface area (Å²) in [6.45, 7) is 4.87. The summed E-state index contributed by atoms with van der Waals surface area (Å²) in [5, 5.41) is 10.4. The highest BCUT2D eigenvalue weighted by Crippen LogP contribution is 2.13. The van der Waals surface area contributed by atoms with Gasteiger partial charge in [0.05, 0.1) is 10.7 Å². The van der Waals surface area contributed by atoms with Crippen LogP contribution >= 0.6 is 0 Å². The van der Waals surface area contributed by atoms with Gasteiger partial charge in [-0.1, -0.05) is 6.58 Å². The van der Waals surface area contributed by atoms with Gasteiger partial charge in [-0.2, -0.15) is 0 Å². The predicted octanol–water partition coefficient (Wildman–Crippen LogP) is 2.24. The van der Waals surface area contributed by atoms with Crippen LogP contribution in [0, 0.1) is 10.1 Å². The monoisotopic (exact) mass is 249 g/mol. The number of hydrogen-bond acceptors (Lipinski definition) is 5. The fourth-order valence-corrected chi connectivity index (χ4v) is 1.23. The zero-order valence-electron chi connectivity index (χ0n) is 9.71. The van der Waals surface area contributed by atoms with E-state index in [0.717, 1.165) is 0 Å². The highest BCUT2D eigenvalue weighted by atomic mass is 16.6. The van der Waals surface area contributed by atoms with Crippen LogP contribution in [0.2, 0.25) is 0 Å². The number of carbonyl (C=O) groups is 2. The molecule has 0 atom stereocenters. The number of Topliss-reactive ketones (excluding diaryl/α,β-unsaturated/α-hetero) is 1. The van der Waals surface area contributed by atoms with Crippen molar-refractivity contribution in [2.45, 2.75) is 13.3 Å². The van der Waals surface area contributed by atoms with E-state index in [2.05, 4.69) is 11.3 Å². The van der Waals surface area contributed by atoms with E-state index >= 15 is 0 Å². The lowest BCUT2D eigenvalue weighted by atomic mass is 10.1. The predicted molar refractivity (Wildman–Crippen MR) is 62.9 cm³/mol. The van der Waals surface area contributed by atoms with Gasteiger partial charge in [0.2, 0.25) is 0 Å². The molecule has 0 amide bonds. The lowest BCUT2D eigenvalue weighted by Gasteiger charge is -2.02. The van der Waals surface area contributed by atoms with Crippen LogP contribution in [-0.4, -0.2) is 16.7 Å². The third-order valence-corrected chi connectivity index (χ3v) is 1.99. The lowest BCUT2D eigenvalue weighted by molar-refractivity contribution is -0.384. The molecule has 0 aliphatic heterocycles. The second-order valence-corrected chi connectivity index (χ2v) is 3.58. The van der Waals surface area contributed by atoms with E-state index in [0.29, 0.717) is 0 Å². The molecule has 0 saturated carbocycles. The number of nitro benzene ring substituents is 1. The third kappa shape index (κ3) is 3.82. The molecule has 94 valence electrons. The van der Waals surface area contributed by atoms with Gasteiger partial charge in [0.15, 0.2) is 5.78 Å². The topological polar surface area (TPSA) is 86.5 Å². The first-order valence-corrected chi connectivity index (χ1v) is 5.04. The molecule has 0 radical (unpaired) electrons. The molecule has 18 heavy (non-hydrogen) atoms. The van der Waals surface area contributed by atoms with E-state index in [9.17, 15) is 19.7 Å². The fraction of sp³-hybridized carbons (Fsp3) is 0.167. The Bertz CT molecular complexity index is 504. The number of rotatable bonds is 5. The van der Waals surface area contributed by atoms with Gasteiger partial charge in [0.25, 0.3) is 5.69 Å². The zero-order chi connectivity index (χ0) is 13.7. The SMILES string of the molecule is C=C(C)OC(=O)CC(=O)c1ccc([N+](=O)[O-])cc1. The van der Waals surface area contributed by atoms with Crippen molar-refractivity contribution in [1.82, 2.24) is 0 Å². The number of carbonyl (C=O) groups excluding carboxylic acids is 2. The number of nitrogens with zero attached hydrogens (tertiary/aromatic N) is 1. The van der Waals surface area contributed by atoms with Crippen LogP contribution < -0.4 is 0 Å². The van der Waals surface area contributed by atoms with Crippen LogP contribution in [0.15, 0.2) is 36.6 Å². The Morgan fingerprint density at radius 1 is 1.33 bits per heavy atom. The molecule has 0 fully saturated rings. The molecule has 0 spiro atoms. The van der Waals surface area contributed by atoms with Crippen LogP contribution in [-0.2, 0) is 9.53 Å². The molecule has 0 bridgehead atoms. The van der Waals surface area contributed by atoms with E-state index in [4.69, 9.17) is 0 Å². The molecule has 0 unspecified atom stereocenters. The number of nitro groups is 1. The van der Waals surface area contributed by atoms with E-state index in [-0.39, 0.29) is 17.0 Å². The molecular formula is C12H11NO5. The minimum Gasteiger partial charge on any atom is -0.432 e. The van der Waals surface area contributed by atoms with Crippen molar-refractivity contribution in [3.8, 4) is 0 Å². The Hall–Kier alpha value is -2.50. The van der Waals surface area contributed by atoms with Crippen molar-refractivity contribution >= 4 is 17.4 Å². The van der Waals surface area contributed by atoms with Gasteiger partial charge in [-0.25, -0.2) is 0 Å². The first-order chi connectivity index (χ1) is 8.40. The maximum Gasteiger partial charge on any atom is 0.318 e. The molecule has 6 nitrogen and oxygen atoms in total. The lowest BCUT2D eigenvalue weighted by Crippen LogP contribution is -2.10. The van der Waals surface area contributed by atoms with Crippen molar-refractivity contribution in [2.75, 3.05) is 0 Å².